The SMILES string of the molecule is COc1ccc(NC(C)c2cc(F)ccc2F)cc1O. The Morgan fingerprint density at radius 3 is 2.55 bits per heavy atom. The lowest BCUT2D eigenvalue weighted by atomic mass is 10.1. The molecule has 20 heavy (non-hydrogen) atoms. The summed E-state index contributed by atoms with van der Waals surface area (Å²) in [5.74, 6) is -0.652. The number of ether oxygens (including phenoxy) is 1. The molecule has 0 amide bonds. The lowest BCUT2D eigenvalue weighted by molar-refractivity contribution is 0.373. The first-order valence-electron chi connectivity index (χ1n) is 6.09. The Hall–Kier alpha value is -2.30. The molecule has 0 heterocycles. The number of phenolic OH excluding ortho intramolecular Hbond substituents is 1. The molecule has 0 saturated heterocycles. The van der Waals surface area contributed by atoms with Crippen LogP contribution in [0.15, 0.2) is 36.4 Å². The Balaban J connectivity index is 2.21. The van der Waals surface area contributed by atoms with Crippen molar-refractivity contribution >= 4 is 5.69 Å². The highest BCUT2D eigenvalue weighted by Crippen LogP contribution is 2.30. The maximum absolute atomic E-state index is 13.6. The summed E-state index contributed by atoms with van der Waals surface area (Å²) in [6.07, 6.45) is 0. The van der Waals surface area contributed by atoms with Crippen LogP contribution in [0.25, 0.3) is 0 Å². The monoisotopic (exact) mass is 279 g/mol. The van der Waals surface area contributed by atoms with E-state index >= 15 is 0 Å². The van der Waals surface area contributed by atoms with Gasteiger partial charge >= 0.3 is 0 Å². The number of benzene rings is 2. The molecule has 0 radical (unpaired) electrons. The van der Waals surface area contributed by atoms with Crippen LogP contribution < -0.4 is 10.1 Å². The van der Waals surface area contributed by atoms with Gasteiger partial charge in [0.2, 0.25) is 0 Å². The van der Waals surface area contributed by atoms with Gasteiger partial charge in [-0.2, -0.15) is 0 Å². The Labute approximate surface area is 115 Å². The van der Waals surface area contributed by atoms with Crippen LogP contribution in [0.1, 0.15) is 18.5 Å². The lowest BCUT2D eigenvalue weighted by Gasteiger charge is -2.17. The van der Waals surface area contributed by atoms with E-state index in [1.807, 2.05) is 0 Å². The number of nitrogens with one attached hydrogen (secondary N) is 1. The van der Waals surface area contributed by atoms with Gasteiger partial charge in [-0.05, 0) is 37.3 Å². The predicted molar refractivity (Wildman–Crippen MR) is 73.1 cm³/mol. The zero-order valence-electron chi connectivity index (χ0n) is 11.2. The second-order valence-electron chi connectivity index (χ2n) is 4.42. The van der Waals surface area contributed by atoms with Crippen molar-refractivity contribution in [1.29, 1.82) is 0 Å². The number of aromatic hydroxyl groups is 1. The maximum Gasteiger partial charge on any atom is 0.160 e. The third kappa shape index (κ3) is 2.99. The zero-order valence-corrected chi connectivity index (χ0v) is 11.2. The van der Waals surface area contributed by atoms with Crippen molar-refractivity contribution < 1.29 is 18.6 Å². The van der Waals surface area contributed by atoms with Gasteiger partial charge in [0.25, 0.3) is 0 Å². The summed E-state index contributed by atoms with van der Waals surface area (Å²) < 4.78 is 31.7. The first-order valence-corrected chi connectivity index (χ1v) is 6.09. The summed E-state index contributed by atoms with van der Waals surface area (Å²) in [7, 11) is 1.45. The molecule has 0 bridgehead atoms. The fourth-order valence-electron chi connectivity index (χ4n) is 1.95. The van der Waals surface area contributed by atoms with Crippen molar-refractivity contribution in [1.82, 2.24) is 0 Å². The Morgan fingerprint density at radius 2 is 1.90 bits per heavy atom. The van der Waals surface area contributed by atoms with E-state index in [0.29, 0.717) is 11.4 Å². The molecule has 1 atom stereocenters. The molecule has 0 spiro atoms. The summed E-state index contributed by atoms with van der Waals surface area (Å²) >= 11 is 0. The van der Waals surface area contributed by atoms with E-state index in [1.54, 1.807) is 19.1 Å². The molecular formula is C15H15F2NO2. The highest BCUT2D eigenvalue weighted by atomic mass is 19.1. The summed E-state index contributed by atoms with van der Waals surface area (Å²) in [6.45, 7) is 1.71. The minimum Gasteiger partial charge on any atom is -0.504 e. The van der Waals surface area contributed by atoms with Crippen LogP contribution in [0, 0.1) is 11.6 Å². The molecule has 2 N–H and O–H groups in total. The summed E-state index contributed by atoms with van der Waals surface area (Å²) in [5, 5.41) is 12.7. The molecular weight excluding hydrogens is 264 g/mol. The van der Waals surface area contributed by atoms with Crippen LogP contribution >= 0.6 is 0 Å². The van der Waals surface area contributed by atoms with Crippen molar-refractivity contribution in [2.24, 2.45) is 0 Å². The van der Waals surface area contributed by atoms with Gasteiger partial charge in [-0.25, -0.2) is 8.78 Å². The molecule has 3 nitrogen and oxygen atoms in total. The van der Waals surface area contributed by atoms with Gasteiger partial charge in [-0.1, -0.05) is 0 Å². The van der Waals surface area contributed by atoms with Gasteiger partial charge in [0.1, 0.15) is 11.6 Å². The minimum atomic E-state index is -0.493. The van der Waals surface area contributed by atoms with Gasteiger partial charge < -0.3 is 15.2 Å². The quantitative estimate of drug-likeness (QED) is 0.893. The zero-order chi connectivity index (χ0) is 14.7. The Kier molecular flexibility index (Phi) is 4.08. The van der Waals surface area contributed by atoms with E-state index in [2.05, 4.69) is 5.32 Å². The number of anilines is 1. The molecule has 5 heteroatoms. The molecule has 0 aromatic heterocycles. The Bertz CT molecular complexity index is 617. The van der Waals surface area contributed by atoms with Crippen LogP contribution in [0.4, 0.5) is 14.5 Å². The van der Waals surface area contributed by atoms with Gasteiger partial charge in [-0.3, -0.25) is 0 Å². The van der Waals surface area contributed by atoms with E-state index in [0.717, 1.165) is 18.2 Å². The molecule has 2 aromatic rings. The lowest BCUT2D eigenvalue weighted by Crippen LogP contribution is -2.09. The minimum absolute atomic E-state index is 0.0237. The van der Waals surface area contributed by atoms with Gasteiger partial charge in [-0.15, -0.1) is 0 Å². The molecule has 0 aliphatic heterocycles. The largest absolute Gasteiger partial charge is 0.504 e. The second-order valence-corrected chi connectivity index (χ2v) is 4.42. The fourth-order valence-corrected chi connectivity index (χ4v) is 1.95. The van der Waals surface area contributed by atoms with Crippen LogP contribution in [-0.4, -0.2) is 12.2 Å². The van der Waals surface area contributed by atoms with Crippen molar-refractivity contribution in [3.8, 4) is 11.5 Å². The molecule has 2 aromatic carbocycles. The summed E-state index contributed by atoms with van der Waals surface area (Å²) in [4.78, 5) is 0. The van der Waals surface area contributed by atoms with Gasteiger partial charge in [0.15, 0.2) is 11.5 Å². The summed E-state index contributed by atoms with van der Waals surface area (Å²) in [5.41, 5.74) is 0.805. The third-order valence-electron chi connectivity index (χ3n) is 2.99. The topological polar surface area (TPSA) is 41.5 Å². The van der Waals surface area contributed by atoms with Crippen LogP contribution in [0.3, 0.4) is 0 Å². The van der Waals surface area contributed by atoms with Crippen LogP contribution in [0.2, 0.25) is 0 Å². The highest BCUT2D eigenvalue weighted by Gasteiger charge is 2.12. The number of phenols is 1. The molecule has 2 rings (SSSR count). The Morgan fingerprint density at radius 1 is 1.15 bits per heavy atom. The van der Waals surface area contributed by atoms with E-state index in [4.69, 9.17) is 4.74 Å². The first-order chi connectivity index (χ1) is 9.51. The van der Waals surface area contributed by atoms with Gasteiger partial charge in [0.05, 0.1) is 13.2 Å². The molecule has 0 aliphatic rings. The molecule has 0 fully saturated rings. The van der Waals surface area contributed by atoms with Crippen LogP contribution in [0.5, 0.6) is 11.5 Å². The van der Waals surface area contributed by atoms with Crippen LogP contribution in [-0.2, 0) is 0 Å². The molecule has 0 saturated carbocycles. The van der Waals surface area contributed by atoms with Crippen molar-refractivity contribution in [3.05, 3.63) is 53.6 Å². The molecule has 1 unspecified atom stereocenters. The van der Waals surface area contributed by atoms with E-state index in [9.17, 15) is 13.9 Å². The molecule has 106 valence electrons. The van der Waals surface area contributed by atoms with E-state index in [1.165, 1.54) is 13.2 Å². The van der Waals surface area contributed by atoms with Crippen molar-refractivity contribution in [2.45, 2.75) is 13.0 Å². The number of hydrogen-bond donors (Lipinski definition) is 2. The highest BCUT2D eigenvalue weighted by molar-refractivity contribution is 5.55. The van der Waals surface area contributed by atoms with Crippen molar-refractivity contribution in [2.75, 3.05) is 12.4 Å². The maximum atomic E-state index is 13.6. The number of methoxy groups -OCH3 is 1. The first kappa shape index (κ1) is 14.1. The van der Waals surface area contributed by atoms with Crippen molar-refractivity contribution in [3.63, 3.8) is 0 Å². The second kappa shape index (κ2) is 5.77. The molecule has 0 aliphatic carbocycles. The number of rotatable bonds is 4. The normalized spacial score (nSPS) is 12.0. The van der Waals surface area contributed by atoms with E-state index in [-0.39, 0.29) is 11.3 Å². The average molecular weight is 279 g/mol. The fraction of sp³-hybridized carbons (Fsp3) is 0.200. The van der Waals surface area contributed by atoms with E-state index < -0.39 is 17.7 Å². The van der Waals surface area contributed by atoms with Gasteiger partial charge in [0, 0.05) is 17.3 Å². The predicted octanol–water partition coefficient (Wildman–Crippen LogP) is 3.85. The number of halogens is 2. The number of hydrogen-bond acceptors (Lipinski definition) is 3. The standard InChI is InChI=1S/C15H15F2NO2/c1-9(12-7-10(16)3-5-13(12)17)18-11-4-6-15(20-2)14(19)8-11/h3-9,18-19H,1-2H3. The smallest absolute Gasteiger partial charge is 0.160 e. The summed E-state index contributed by atoms with van der Waals surface area (Å²) in [6, 6.07) is 7.61. The average Bonchev–Trinajstić information content (AvgIpc) is 2.41. The third-order valence-corrected chi connectivity index (χ3v) is 2.99.